The Balaban J connectivity index is 1.96. The maximum atomic E-state index is 12.9. The second-order valence-electron chi connectivity index (χ2n) is 5.93. The highest BCUT2D eigenvalue weighted by molar-refractivity contribution is 5.97. The van der Waals surface area contributed by atoms with Crippen molar-refractivity contribution >= 4 is 11.9 Å². The lowest BCUT2D eigenvalue weighted by molar-refractivity contribution is -0.143. The van der Waals surface area contributed by atoms with Crippen molar-refractivity contribution in [2.45, 2.75) is 19.1 Å². The molecule has 1 N–H and O–H groups in total. The van der Waals surface area contributed by atoms with Crippen LogP contribution in [-0.4, -0.2) is 42.1 Å². The highest BCUT2D eigenvalue weighted by atomic mass is 19.3. The predicted molar refractivity (Wildman–Crippen MR) is 91.2 cm³/mol. The summed E-state index contributed by atoms with van der Waals surface area (Å²) in [5.41, 5.74) is 1.45. The fourth-order valence-corrected chi connectivity index (χ4v) is 3.22. The summed E-state index contributed by atoms with van der Waals surface area (Å²) in [6, 6.07) is 9.73. The van der Waals surface area contributed by atoms with E-state index in [4.69, 9.17) is 4.74 Å². The van der Waals surface area contributed by atoms with Gasteiger partial charge in [-0.2, -0.15) is 8.78 Å². The minimum atomic E-state index is -3.09. The average molecular weight is 377 g/mol. The molecule has 3 rings (SSSR count). The molecule has 2 aromatic carbocycles. The number of aliphatic carboxylic acids is 1. The van der Waals surface area contributed by atoms with Crippen molar-refractivity contribution in [2.24, 2.45) is 0 Å². The van der Waals surface area contributed by atoms with Crippen LogP contribution in [-0.2, 0) is 11.2 Å². The first-order chi connectivity index (χ1) is 12.9. The number of carboxylic acid groups (broad SMARTS) is 1. The maximum Gasteiger partial charge on any atom is 0.387 e. The van der Waals surface area contributed by atoms with Gasteiger partial charge in [-0.1, -0.05) is 24.3 Å². The summed E-state index contributed by atoms with van der Waals surface area (Å²) >= 11 is 0. The number of carbonyl (C=O) groups is 2. The normalized spacial score (nSPS) is 16.0. The number of alkyl halides is 2. The van der Waals surface area contributed by atoms with Crippen LogP contribution in [0.15, 0.2) is 42.5 Å². The molecular formula is C19H17F2NO5. The zero-order chi connectivity index (χ0) is 19.6. The molecule has 6 nitrogen and oxygen atoms in total. The lowest BCUT2D eigenvalue weighted by Crippen LogP contribution is -2.43. The molecule has 0 aliphatic carbocycles. The summed E-state index contributed by atoms with van der Waals surface area (Å²) in [4.78, 5) is 26.0. The van der Waals surface area contributed by atoms with Crippen molar-refractivity contribution in [3.63, 3.8) is 0 Å². The molecule has 1 aliphatic heterocycles. The largest absolute Gasteiger partial charge is 0.493 e. The summed E-state index contributed by atoms with van der Waals surface area (Å²) in [6.45, 7) is -2.89. The van der Waals surface area contributed by atoms with Gasteiger partial charge in [0.1, 0.15) is 0 Å². The number of amides is 1. The van der Waals surface area contributed by atoms with Crippen molar-refractivity contribution in [1.82, 2.24) is 4.90 Å². The van der Waals surface area contributed by atoms with Crippen LogP contribution in [0.4, 0.5) is 8.78 Å². The summed E-state index contributed by atoms with van der Waals surface area (Å²) < 4.78 is 34.6. The first kappa shape index (κ1) is 18.6. The number of carboxylic acids is 1. The third-order valence-electron chi connectivity index (χ3n) is 4.40. The monoisotopic (exact) mass is 377 g/mol. The van der Waals surface area contributed by atoms with E-state index < -0.39 is 24.5 Å². The molecule has 2 aromatic rings. The first-order valence-corrected chi connectivity index (χ1v) is 8.16. The number of fused-ring (bicyclic) bond motifs is 1. The van der Waals surface area contributed by atoms with Gasteiger partial charge in [-0.25, -0.2) is 4.79 Å². The van der Waals surface area contributed by atoms with Crippen LogP contribution in [0, 0.1) is 0 Å². The lowest BCUT2D eigenvalue weighted by Gasteiger charge is -2.34. The number of rotatable bonds is 5. The molecule has 1 amide bonds. The van der Waals surface area contributed by atoms with E-state index in [1.807, 2.05) is 12.1 Å². The van der Waals surface area contributed by atoms with E-state index >= 15 is 0 Å². The van der Waals surface area contributed by atoms with Crippen LogP contribution < -0.4 is 9.47 Å². The zero-order valence-electron chi connectivity index (χ0n) is 14.4. The van der Waals surface area contributed by atoms with Crippen LogP contribution in [0.5, 0.6) is 11.5 Å². The maximum absolute atomic E-state index is 12.9. The van der Waals surface area contributed by atoms with Gasteiger partial charge < -0.3 is 19.5 Å². The number of carbonyl (C=O) groups excluding carboxylic acids is 1. The number of hydrogen-bond donors (Lipinski definition) is 1. The number of ether oxygens (including phenoxy) is 2. The zero-order valence-corrected chi connectivity index (χ0v) is 14.4. The van der Waals surface area contributed by atoms with Crippen LogP contribution in [0.1, 0.15) is 27.5 Å². The number of nitrogens with zero attached hydrogens (tertiary/aromatic N) is 1. The molecule has 0 saturated carbocycles. The van der Waals surface area contributed by atoms with E-state index in [9.17, 15) is 23.5 Å². The topological polar surface area (TPSA) is 76.1 Å². The Morgan fingerprint density at radius 2 is 1.93 bits per heavy atom. The Morgan fingerprint density at radius 3 is 2.59 bits per heavy atom. The van der Waals surface area contributed by atoms with Crippen LogP contribution in [0.2, 0.25) is 0 Å². The van der Waals surface area contributed by atoms with Crippen molar-refractivity contribution < 1.29 is 33.0 Å². The minimum Gasteiger partial charge on any atom is -0.493 e. The van der Waals surface area contributed by atoms with Gasteiger partial charge in [-0.05, 0) is 35.7 Å². The van der Waals surface area contributed by atoms with Crippen molar-refractivity contribution in [1.29, 1.82) is 0 Å². The highest BCUT2D eigenvalue weighted by Crippen LogP contribution is 2.34. The molecule has 8 heteroatoms. The van der Waals surface area contributed by atoms with Gasteiger partial charge in [0, 0.05) is 12.1 Å². The molecule has 1 atom stereocenters. The highest BCUT2D eigenvalue weighted by Gasteiger charge is 2.36. The molecule has 1 heterocycles. The standard InChI is InChI=1S/C19H17F2NO5/c1-26-14-7-6-12(10-15(14)27-19(20)21)17(23)22-9-8-11-4-2-3-5-13(11)16(22)18(24)25/h2-7,10,16,19H,8-9H2,1H3,(H,24,25). The number of methoxy groups -OCH3 is 1. The quantitative estimate of drug-likeness (QED) is 0.867. The number of benzene rings is 2. The summed E-state index contributed by atoms with van der Waals surface area (Å²) in [5, 5.41) is 9.67. The Morgan fingerprint density at radius 1 is 1.19 bits per heavy atom. The SMILES string of the molecule is COc1ccc(C(=O)N2CCc3ccccc3C2C(=O)O)cc1OC(F)F. The average Bonchev–Trinajstić information content (AvgIpc) is 2.65. The summed E-state index contributed by atoms with van der Waals surface area (Å²) in [6.07, 6.45) is 0.502. The van der Waals surface area contributed by atoms with E-state index in [1.54, 1.807) is 12.1 Å². The van der Waals surface area contributed by atoms with Gasteiger partial charge in [0.05, 0.1) is 7.11 Å². The van der Waals surface area contributed by atoms with E-state index in [0.29, 0.717) is 12.0 Å². The van der Waals surface area contributed by atoms with Gasteiger partial charge in [0.2, 0.25) is 0 Å². The lowest BCUT2D eigenvalue weighted by atomic mass is 9.92. The molecule has 0 bridgehead atoms. The van der Waals surface area contributed by atoms with Crippen molar-refractivity contribution in [2.75, 3.05) is 13.7 Å². The minimum absolute atomic E-state index is 0.0390. The summed E-state index contributed by atoms with van der Waals surface area (Å²) in [7, 11) is 1.29. The van der Waals surface area contributed by atoms with Gasteiger partial charge in [0.25, 0.3) is 5.91 Å². The fourth-order valence-electron chi connectivity index (χ4n) is 3.22. The van der Waals surface area contributed by atoms with Crippen molar-refractivity contribution in [3.05, 3.63) is 59.2 Å². The Bertz CT molecular complexity index is 871. The third kappa shape index (κ3) is 3.69. The molecule has 0 fully saturated rings. The van der Waals surface area contributed by atoms with E-state index in [-0.39, 0.29) is 23.6 Å². The number of hydrogen-bond acceptors (Lipinski definition) is 4. The molecular weight excluding hydrogens is 360 g/mol. The Kier molecular flexibility index (Phi) is 5.25. The molecule has 1 unspecified atom stereocenters. The number of halogens is 2. The second-order valence-corrected chi connectivity index (χ2v) is 5.93. The third-order valence-corrected chi connectivity index (χ3v) is 4.40. The van der Waals surface area contributed by atoms with Gasteiger partial charge >= 0.3 is 12.6 Å². The predicted octanol–water partition coefficient (Wildman–Crippen LogP) is 3.12. The molecule has 142 valence electrons. The molecule has 27 heavy (non-hydrogen) atoms. The van der Waals surface area contributed by atoms with Crippen LogP contribution >= 0.6 is 0 Å². The van der Waals surface area contributed by atoms with E-state index in [2.05, 4.69) is 4.74 Å². The molecule has 0 spiro atoms. The fraction of sp³-hybridized carbons (Fsp3) is 0.263. The molecule has 1 aliphatic rings. The van der Waals surface area contributed by atoms with Crippen LogP contribution in [0.3, 0.4) is 0 Å². The Labute approximate surface area is 153 Å². The molecule has 0 saturated heterocycles. The van der Waals surface area contributed by atoms with Gasteiger partial charge in [-0.15, -0.1) is 0 Å². The van der Waals surface area contributed by atoms with Gasteiger partial charge in [0.15, 0.2) is 17.5 Å². The van der Waals surface area contributed by atoms with E-state index in [0.717, 1.165) is 11.6 Å². The van der Waals surface area contributed by atoms with Crippen molar-refractivity contribution in [3.8, 4) is 11.5 Å². The molecule has 0 aromatic heterocycles. The van der Waals surface area contributed by atoms with Gasteiger partial charge in [-0.3, -0.25) is 4.79 Å². The van der Waals surface area contributed by atoms with Crippen LogP contribution in [0.25, 0.3) is 0 Å². The molecule has 0 radical (unpaired) electrons. The first-order valence-electron chi connectivity index (χ1n) is 8.16. The summed E-state index contributed by atoms with van der Waals surface area (Å²) in [5.74, 6) is -1.99. The smallest absolute Gasteiger partial charge is 0.387 e. The van der Waals surface area contributed by atoms with E-state index in [1.165, 1.54) is 24.1 Å². The second kappa shape index (κ2) is 7.61. The Hall–Kier alpha value is -3.16.